The molecule has 1 atom stereocenters. The first-order chi connectivity index (χ1) is 8.74. The zero-order chi connectivity index (χ0) is 12.8. The maximum absolute atomic E-state index is 9.95. The lowest BCUT2D eigenvalue weighted by Crippen LogP contribution is -2.09. The zero-order valence-electron chi connectivity index (χ0n) is 10.2. The van der Waals surface area contributed by atoms with Crippen LogP contribution in [-0.4, -0.2) is 11.2 Å². The molecular weight excluding hydrogens is 264 g/mol. The SMILES string of the molecule is OC(CCCc1ccccc1)Cc1ccc(Cl)s1. The molecule has 0 aliphatic heterocycles. The molecule has 0 aliphatic carbocycles. The predicted octanol–water partition coefficient (Wildman–Crippen LogP) is 4.33. The number of rotatable bonds is 6. The molecule has 1 aromatic heterocycles. The molecule has 0 aliphatic rings. The van der Waals surface area contributed by atoms with E-state index >= 15 is 0 Å². The summed E-state index contributed by atoms with van der Waals surface area (Å²) < 4.78 is 0.793. The van der Waals surface area contributed by atoms with Crippen LogP contribution < -0.4 is 0 Å². The van der Waals surface area contributed by atoms with Crippen LogP contribution in [0.3, 0.4) is 0 Å². The van der Waals surface area contributed by atoms with Gasteiger partial charge in [0.15, 0.2) is 0 Å². The van der Waals surface area contributed by atoms with Crippen LogP contribution in [0.25, 0.3) is 0 Å². The van der Waals surface area contributed by atoms with Crippen molar-refractivity contribution in [2.75, 3.05) is 0 Å². The van der Waals surface area contributed by atoms with E-state index < -0.39 is 0 Å². The summed E-state index contributed by atoms with van der Waals surface area (Å²) in [5.41, 5.74) is 1.34. The predicted molar refractivity (Wildman–Crippen MR) is 78.4 cm³/mol. The van der Waals surface area contributed by atoms with Crippen molar-refractivity contribution >= 4 is 22.9 Å². The van der Waals surface area contributed by atoms with Gasteiger partial charge < -0.3 is 5.11 Å². The Labute approximate surface area is 117 Å². The summed E-state index contributed by atoms with van der Waals surface area (Å²) in [6.45, 7) is 0. The molecule has 0 amide bonds. The molecule has 3 heteroatoms. The minimum atomic E-state index is -0.261. The van der Waals surface area contributed by atoms with E-state index in [1.807, 2.05) is 18.2 Å². The van der Waals surface area contributed by atoms with Gasteiger partial charge in [0, 0.05) is 11.3 Å². The molecule has 1 nitrogen and oxygen atoms in total. The van der Waals surface area contributed by atoms with Gasteiger partial charge in [0.25, 0.3) is 0 Å². The van der Waals surface area contributed by atoms with Gasteiger partial charge in [-0.25, -0.2) is 0 Å². The molecule has 0 spiro atoms. The molecule has 0 fully saturated rings. The first-order valence-corrected chi connectivity index (χ1v) is 7.39. The highest BCUT2D eigenvalue weighted by atomic mass is 35.5. The Bertz CT molecular complexity index is 466. The van der Waals surface area contributed by atoms with E-state index in [4.69, 9.17) is 11.6 Å². The Morgan fingerprint density at radius 1 is 1.11 bits per heavy atom. The number of halogens is 1. The first-order valence-electron chi connectivity index (χ1n) is 6.20. The van der Waals surface area contributed by atoms with Gasteiger partial charge in [0.05, 0.1) is 10.4 Å². The molecule has 1 unspecified atom stereocenters. The molecule has 0 saturated heterocycles. The summed E-state index contributed by atoms with van der Waals surface area (Å²) in [6, 6.07) is 14.3. The fraction of sp³-hybridized carbons (Fsp3) is 0.333. The lowest BCUT2D eigenvalue weighted by atomic mass is 10.0. The second kappa shape index (κ2) is 6.93. The van der Waals surface area contributed by atoms with E-state index in [1.54, 1.807) is 11.3 Å². The number of hydrogen-bond acceptors (Lipinski definition) is 2. The standard InChI is InChI=1S/C15H17ClOS/c16-15-10-9-14(18-15)11-13(17)8-4-7-12-5-2-1-3-6-12/h1-3,5-6,9-10,13,17H,4,7-8,11H2. The number of benzene rings is 1. The highest BCUT2D eigenvalue weighted by Crippen LogP contribution is 2.23. The summed E-state index contributed by atoms with van der Waals surface area (Å²) in [4.78, 5) is 1.16. The van der Waals surface area contributed by atoms with Crippen molar-refractivity contribution in [3.05, 3.63) is 57.2 Å². The van der Waals surface area contributed by atoms with Gasteiger partial charge in [-0.3, -0.25) is 0 Å². The van der Waals surface area contributed by atoms with E-state index in [1.165, 1.54) is 5.56 Å². The van der Waals surface area contributed by atoms with Crippen LogP contribution in [0.5, 0.6) is 0 Å². The van der Waals surface area contributed by atoms with E-state index in [9.17, 15) is 5.11 Å². The van der Waals surface area contributed by atoms with E-state index in [-0.39, 0.29) is 6.10 Å². The van der Waals surface area contributed by atoms with Crippen LogP contribution in [0, 0.1) is 0 Å². The molecule has 2 aromatic rings. The second-order valence-corrected chi connectivity index (χ2v) is 6.24. The molecule has 2 rings (SSSR count). The van der Waals surface area contributed by atoms with Gasteiger partial charge in [-0.1, -0.05) is 41.9 Å². The molecule has 1 aromatic carbocycles. The minimum absolute atomic E-state index is 0.261. The maximum atomic E-state index is 9.95. The highest BCUT2D eigenvalue weighted by Gasteiger charge is 2.07. The van der Waals surface area contributed by atoms with E-state index in [2.05, 4.69) is 24.3 Å². The average Bonchev–Trinajstić information content (AvgIpc) is 2.76. The van der Waals surface area contributed by atoms with Crippen molar-refractivity contribution in [2.24, 2.45) is 0 Å². The van der Waals surface area contributed by atoms with E-state index in [0.717, 1.165) is 28.5 Å². The summed E-state index contributed by atoms with van der Waals surface area (Å²) in [5.74, 6) is 0. The minimum Gasteiger partial charge on any atom is -0.393 e. The first kappa shape index (κ1) is 13.6. The number of thiophene rings is 1. The second-order valence-electron chi connectivity index (χ2n) is 4.44. The summed E-state index contributed by atoms with van der Waals surface area (Å²) in [6.07, 6.45) is 3.34. The third-order valence-corrected chi connectivity index (χ3v) is 4.16. The molecule has 0 saturated carbocycles. The topological polar surface area (TPSA) is 20.2 Å². The normalized spacial score (nSPS) is 12.6. The quantitative estimate of drug-likeness (QED) is 0.835. The smallest absolute Gasteiger partial charge is 0.0931 e. The molecule has 0 bridgehead atoms. The van der Waals surface area contributed by atoms with Crippen molar-refractivity contribution in [1.82, 2.24) is 0 Å². The largest absolute Gasteiger partial charge is 0.393 e. The highest BCUT2D eigenvalue weighted by molar-refractivity contribution is 7.16. The number of aliphatic hydroxyl groups is 1. The van der Waals surface area contributed by atoms with Gasteiger partial charge in [0.2, 0.25) is 0 Å². The van der Waals surface area contributed by atoms with Crippen LogP contribution in [-0.2, 0) is 12.8 Å². The van der Waals surface area contributed by atoms with Crippen molar-refractivity contribution < 1.29 is 5.11 Å². The average molecular weight is 281 g/mol. The Kier molecular flexibility index (Phi) is 5.24. The van der Waals surface area contributed by atoms with Crippen molar-refractivity contribution in [2.45, 2.75) is 31.8 Å². The van der Waals surface area contributed by atoms with Crippen LogP contribution in [0.1, 0.15) is 23.3 Å². The van der Waals surface area contributed by atoms with Crippen LogP contribution in [0.4, 0.5) is 0 Å². The summed E-state index contributed by atoms with van der Waals surface area (Å²) >= 11 is 7.42. The number of aliphatic hydroxyl groups excluding tert-OH is 1. The Balaban J connectivity index is 1.70. The van der Waals surface area contributed by atoms with Gasteiger partial charge in [-0.15, -0.1) is 11.3 Å². The molecule has 18 heavy (non-hydrogen) atoms. The van der Waals surface area contributed by atoms with Crippen LogP contribution in [0.2, 0.25) is 4.34 Å². The lowest BCUT2D eigenvalue weighted by molar-refractivity contribution is 0.163. The molecule has 1 heterocycles. The third-order valence-electron chi connectivity index (χ3n) is 2.91. The maximum Gasteiger partial charge on any atom is 0.0931 e. The van der Waals surface area contributed by atoms with E-state index in [0.29, 0.717) is 6.42 Å². The van der Waals surface area contributed by atoms with Gasteiger partial charge in [-0.2, -0.15) is 0 Å². The van der Waals surface area contributed by atoms with Crippen molar-refractivity contribution in [3.63, 3.8) is 0 Å². The Morgan fingerprint density at radius 2 is 1.89 bits per heavy atom. The summed E-state index contributed by atoms with van der Waals surface area (Å²) in [7, 11) is 0. The van der Waals surface area contributed by atoms with Gasteiger partial charge >= 0.3 is 0 Å². The molecule has 0 radical (unpaired) electrons. The molecular formula is C15H17ClOS. The number of aryl methyl sites for hydroxylation is 1. The Hall–Kier alpha value is -0.830. The van der Waals surface area contributed by atoms with Crippen molar-refractivity contribution in [3.8, 4) is 0 Å². The van der Waals surface area contributed by atoms with Gasteiger partial charge in [-0.05, 0) is 37.0 Å². The lowest BCUT2D eigenvalue weighted by Gasteiger charge is -2.09. The third kappa shape index (κ3) is 4.45. The molecule has 1 N–H and O–H groups in total. The Morgan fingerprint density at radius 3 is 2.56 bits per heavy atom. The fourth-order valence-electron chi connectivity index (χ4n) is 1.98. The zero-order valence-corrected chi connectivity index (χ0v) is 11.8. The fourth-order valence-corrected chi connectivity index (χ4v) is 3.14. The molecule has 96 valence electrons. The number of hydrogen-bond donors (Lipinski definition) is 1. The van der Waals surface area contributed by atoms with Gasteiger partial charge in [0.1, 0.15) is 0 Å². The monoisotopic (exact) mass is 280 g/mol. The van der Waals surface area contributed by atoms with Crippen LogP contribution >= 0.6 is 22.9 Å². The van der Waals surface area contributed by atoms with Crippen LogP contribution in [0.15, 0.2) is 42.5 Å². The van der Waals surface area contributed by atoms with Crippen molar-refractivity contribution in [1.29, 1.82) is 0 Å². The summed E-state index contributed by atoms with van der Waals surface area (Å²) in [5, 5.41) is 9.95.